The van der Waals surface area contributed by atoms with E-state index in [0.717, 1.165) is 19.0 Å². The fourth-order valence-electron chi connectivity index (χ4n) is 2.79. The van der Waals surface area contributed by atoms with Crippen LogP contribution >= 0.6 is 11.3 Å². The summed E-state index contributed by atoms with van der Waals surface area (Å²) in [5, 5.41) is 12.0. The third-order valence-electron chi connectivity index (χ3n) is 3.95. The number of nitrogens with one attached hydrogen (secondary N) is 1. The number of aromatic nitrogens is 1. The van der Waals surface area contributed by atoms with Crippen LogP contribution in [0.4, 0.5) is 28.4 Å². The lowest BCUT2D eigenvalue weighted by molar-refractivity contribution is -0.134. The molecule has 0 spiro atoms. The van der Waals surface area contributed by atoms with Gasteiger partial charge in [-0.05, 0) is 31.0 Å². The van der Waals surface area contributed by atoms with Crippen molar-refractivity contribution in [3.63, 3.8) is 0 Å². The molecule has 2 heterocycles. The molecule has 0 amide bonds. The van der Waals surface area contributed by atoms with E-state index in [2.05, 4.69) is 10.3 Å². The van der Waals surface area contributed by atoms with Crippen molar-refractivity contribution in [1.29, 1.82) is 5.26 Å². The topological polar surface area (TPSA) is 52.0 Å². The van der Waals surface area contributed by atoms with Crippen LogP contribution in [0, 0.1) is 17.1 Å². The molecule has 1 aliphatic rings. The van der Waals surface area contributed by atoms with E-state index >= 15 is 0 Å². The molecule has 1 aromatic heterocycles. The maximum Gasteiger partial charge on any atom is 0.427 e. The number of nitriles is 1. The van der Waals surface area contributed by atoms with Gasteiger partial charge in [0.1, 0.15) is 10.7 Å². The lowest BCUT2D eigenvalue weighted by atomic mass is 10.0. The van der Waals surface area contributed by atoms with Crippen LogP contribution in [0.2, 0.25) is 0 Å². The molecule has 3 rings (SSSR count). The van der Waals surface area contributed by atoms with Crippen LogP contribution < -0.4 is 10.2 Å². The maximum absolute atomic E-state index is 14.2. The van der Waals surface area contributed by atoms with Gasteiger partial charge in [-0.25, -0.2) is 9.37 Å². The molecule has 0 aliphatic carbocycles. The Morgan fingerprint density at radius 1 is 1.36 bits per heavy atom. The first-order valence-electron chi connectivity index (χ1n) is 7.61. The number of benzene rings is 1. The van der Waals surface area contributed by atoms with Crippen molar-refractivity contribution in [3.8, 4) is 6.07 Å². The van der Waals surface area contributed by atoms with Crippen molar-refractivity contribution in [3.05, 3.63) is 40.7 Å². The fraction of sp³-hybridized carbons (Fsp3) is 0.375. The highest BCUT2D eigenvalue weighted by Crippen LogP contribution is 2.35. The van der Waals surface area contributed by atoms with Crippen molar-refractivity contribution in [1.82, 2.24) is 4.98 Å². The minimum absolute atomic E-state index is 0.129. The van der Waals surface area contributed by atoms with Crippen LogP contribution in [0.1, 0.15) is 23.3 Å². The highest BCUT2D eigenvalue weighted by atomic mass is 32.1. The summed E-state index contributed by atoms with van der Waals surface area (Å²) >= 11 is 0.563. The summed E-state index contributed by atoms with van der Waals surface area (Å²) in [6.07, 6.45) is -2.06. The first kappa shape index (κ1) is 17.5. The van der Waals surface area contributed by atoms with Gasteiger partial charge in [-0.2, -0.15) is 18.4 Å². The molecule has 1 N–H and O–H groups in total. The van der Waals surface area contributed by atoms with Gasteiger partial charge in [-0.1, -0.05) is 11.3 Å². The monoisotopic (exact) mass is 370 g/mol. The third kappa shape index (κ3) is 4.02. The van der Waals surface area contributed by atoms with E-state index in [1.165, 1.54) is 6.07 Å². The SMILES string of the molecule is N#Cc1ccc(N2CCCC(Nc3ncc(C(F)(F)F)s3)C2)c(F)c1. The average Bonchev–Trinajstić information content (AvgIpc) is 3.03. The lowest BCUT2D eigenvalue weighted by Gasteiger charge is -2.34. The van der Waals surface area contributed by atoms with E-state index in [4.69, 9.17) is 5.26 Å². The molecule has 2 aromatic rings. The summed E-state index contributed by atoms with van der Waals surface area (Å²) in [4.78, 5) is 4.85. The molecule has 25 heavy (non-hydrogen) atoms. The second-order valence-corrected chi connectivity index (χ2v) is 6.77. The number of rotatable bonds is 3. The van der Waals surface area contributed by atoms with Crippen molar-refractivity contribution >= 4 is 22.2 Å². The van der Waals surface area contributed by atoms with Crippen molar-refractivity contribution in [2.45, 2.75) is 25.1 Å². The van der Waals surface area contributed by atoms with Crippen molar-refractivity contribution < 1.29 is 17.6 Å². The van der Waals surface area contributed by atoms with Gasteiger partial charge in [-0.3, -0.25) is 0 Å². The summed E-state index contributed by atoms with van der Waals surface area (Å²) < 4.78 is 52.1. The van der Waals surface area contributed by atoms with Crippen LogP contribution in [-0.4, -0.2) is 24.1 Å². The Hall–Kier alpha value is -2.34. The van der Waals surface area contributed by atoms with Gasteiger partial charge in [0.25, 0.3) is 0 Å². The summed E-state index contributed by atoms with van der Waals surface area (Å²) in [6, 6.07) is 6.04. The first-order chi connectivity index (χ1) is 11.9. The number of halogens is 4. The number of hydrogen-bond acceptors (Lipinski definition) is 5. The molecule has 1 unspecified atom stereocenters. The van der Waals surface area contributed by atoms with Gasteiger partial charge in [0, 0.05) is 19.1 Å². The maximum atomic E-state index is 14.2. The first-order valence-corrected chi connectivity index (χ1v) is 8.42. The second kappa shape index (κ2) is 6.88. The van der Waals surface area contributed by atoms with Gasteiger partial charge in [0.2, 0.25) is 0 Å². The quantitative estimate of drug-likeness (QED) is 0.821. The van der Waals surface area contributed by atoms with Gasteiger partial charge in [0.05, 0.1) is 23.5 Å². The van der Waals surface area contributed by atoms with E-state index in [9.17, 15) is 17.6 Å². The average molecular weight is 370 g/mol. The molecule has 4 nitrogen and oxygen atoms in total. The zero-order valence-corrected chi connectivity index (χ0v) is 13.8. The number of anilines is 2. The Morgan fingerprint density at radius 3 is 2.80 bits per heavy atom. The molecule has 0 bridgehead atoms. The van der Waals surface area contributed by atoms with Crippen LogP contribution in [0.3, 0.4) is 0 Å². The number of nitrogens with zero attached hydrogens (tertiary/aromatic N) is 3. The van der Waals surface area contributed by atoms with Crippen LogP contribution in [0.5, 0.6) is 0 Å². The Bertz CT molecular complexity index is 796. The molecule has 0 saturated carbocycles. The number of hydrogen-bond donors (Lipinski definition) is 1. The van der Waals surface area contributed by atoms with E-state index < -0.39 is 16.9 Å². The summed E-state index contributed by atoms with van der Waals surface area (Å²) in [5.74, 6) is -0.478. The minimum Gasteiger partial charge on any atom is -0.367 e. The fourth-order valence-corrected chi connectivity index (χ4v) is 3.55. The standard InChI is InChI=1S/C16H14F4N4S/c17-12-6-10(7-21)3-4-13(12)24-5-1-2-11(9-24)23-15-22-8-14(25-15)16(18,19)20/h3-4,6,8,11H,1-2,5,9H2,(H,22,23). The van der Waals surface area contributed by atoms with Crippen LogP contribution in [-0.2, 0) is 6.18 Å². The molecular weight excluding hydrogens is 356 g/mol. The van der Waals surface area contributed by atoms with Gasteiger partial charge >= 0.3 is 6.18 Å². The van der Waals surface area contributed by atoms with E-state index in [1.807, 2.05) is 11.0 Å². The molecule has 1 aromatic carbocycles. The number of thiazole rings is 1. The largest absolute Gasteiger partial charge is 0.427 e. The molecule has 0 radical (unpaired) electrons. The zero-order valence-electron chi connectivity index (χ0n) is 13.0. The van der Waals surface area contributed by atoms with Crippen LogP contribution in [0.15, 0.2) is 24.4 Å². The molecule has 1 saturated heterocycles. The normalized spacial score (nSPS) is 18.0. The Morgan fingerprint density at radius 2 is 2.16 bits per heavy atom. The lowest BCUT2D eigenvalue weighted by Crippen LogP contribution is -2.42. The van der Waals surface area contributed by atoms with Crippen molar-refractivity contribution in [2.75, 3.05) is 23.3 Å². The second-order valence-electron chi connectivity index (χ2n) is 5.73. The third-order valence-corrected chi connectivity index (χ3v) is 4.92. The highest BCUT2D eigenvalue weighted by Gasteiger charge is 2.33. The Kier molecular flexibility index (Phi) is 4.81. The summed E-state index contributed by atoms with van der Waals surface area (Å²) in [6.45, 7) is 1.09. The zero-order chi connectivity index (χ0) is 18.0. The van der Waals surface area contributed by atoms with Crippen LogP contribution in [0.25, 0.3) is 0 Å². The Labute approximate surface area is 145 Å². The Balaban J connectivity index is 1.69. The van der Waals surface area contributed by atoms with Gasteiger partial charge in [-0.15, -0.1) is 0 Å². The predicted octanol–water partition coefficient (Wildman–Crippen LogP) is 4.25. The minimum atomic E-state index is -4.40. The smallest absolute Gasteiger partial charge is 0.367 e. The molecule has 1 fully saturated rings. The number of piperidine rings is 1. The molecule has 1 atom stereocenters. The van der Waals surface area contributed by atoms with E-state index in [-0.39, 0.29) is 16.7 Å². The number of alkyl halides is 3. The molecular formula is C16H14F4N4S. The van der Waals surface area contributed by atoms with E-state index in [1.54, 1.807) is 12.1 Å². The molecule has 9 heteroatoms. The van der Waals surface area contributed by atoms with E-state index in [0.29, 0.717) is 30.1 Å². The predicted molar refractivity (Wildman–Crippen MR) is 87.1 cm³/mol. The van der Waals surface area contributed by atoms with Gasteiger partial charge < -0.3 is 10.2 Å². The molecule has 1 aliphatic heterocycles. The summed E-state index contributed by atoms with van der Waals surface area (Å²) in [7, 11) is 0. The summed E-state index contributed by atoms with van der Waals surface area (Å²) in [5.41, 5.74) is 0.635. The van der Waals surface area contributed by atoms with Crippen molar-refractivity contribution in [2.24, 2.45) is 0 Å². The van der Waals surface area contributed by atoms with Gasteiger partial charge in [0.15, 0.2) is 5.13 Å². The molecule has 132 valence electrons. The highest BCUT2D eigenvalue weighted by molar-refractivity contribution is 7.15.